The summed E-state index contributed by atoms with van der Waals surface area (Å²) in [7, 11) is 0. The van der Waals surface area contributed by atoms with E-state index < -0.39 is 0 Å². The van der Waals surface area contributed by atoms with Gasteiger partial charge in [-0.05, 0) is 24.6 Å². The van der Waals surface area contributed by atoms with Crippen LogP contribution in [0.3, 0.4) is 0 Å². The lowest BCUT2D eigenvalue weighted by molar-refractivity contribution is -0.131. The van der Waals surface area contributed by atoms with Crippen LogP contribution in [0.15, 0.2) is 29.5 Å². The number of benzene rings is 1. The highest BCUT2D eigenvalue weighted by Gasteiger charge is 2.22. The van der Waals surface area contributed by atoms with E-state index in [1.54, 1.807) is 24.3 Å². The summed E-state index contributed by atoms with van der Waals surface area (Å²) in [6.45, 7) is 4.69. The smallest absolute Gasteiger partial charge is 0.222 e. The minimum atomic E-state index is -0.287. The largest absolute Gasteiger partial charge is 0.367 e. The van der Waals surface area contributed by atoms with Crippen molar-refractivity contribution in [1.29, 1.82) is 15.8 Å². The van der Waals surface area contributed by atoms with E-state index in [1.807, 2.05) is 24.0 Å². The SMILES string of the molecule is CCCC(=O)N1CCN(c2ccc(NC(C#N)=C(C#N)C#N)cc2Cl)CC1. The minimum Gasteiger partial charge on any atom is -0.367 e. The topological polar surface area (TPSA) is 107 Å². The number of allylic oxidation sites excluding steroid dienone is 2. The maximum atomic E-state index is 12.0. The Morgan fingerprint density at radius 3 is 2.33 bits per heavy atom. The van der Waals surface area contributed by atoms with Gasteiger partial charge in [0.15, 0.2) is 5.57 Å². The lowest BCUT2D eigenvalue weighted by Crippen LogP contribution is -2.48. The molecule has 1 aromatic rings. The van der Waals surface area contributed by atoms with Crippen molar-refractivity contribution in [3.8, 4) is 18.2 Å². The van der Waals surface area contributed by atoms with E-state index in [2.05, 4.69) is 10.2 Å². The summed E-state index contributed by atoms with van der Waals surface area (Å²) in [5.74, 6) is 0.185. The molecule has 0 unspecified atom stereocenters. The van der Waals surface area contributed by atoms with Gasteiger partial charge in [0, 0.05) is 38.3 Å². The van der Waals surface area contributed by atoms with Crippen molar-refractivity contribution < 1.29 is 4.79 Å². The van der Waals surface area contributed by atoms with Crippen LogP contribution in [0, 0.1) is 34.0 Å². The Balaban J connectivity index is 2.09. The molecule has 1 N–H and O–H groups in total. The Morgan fingerprint density at radius 1 is 1.15 bits per heavy atom. The van der Waals surface area contributed by atoms with Crippen LogP contribution in [0.5, 0.6) is 0 Å². The van der Waals surface area contributed by atoms with Gasteiger partial charge >= 0.3 is 0 Å². The van der Waals surface area contributed by atoms with E-state index in [0.29, 0.717) is 43.3 Å². The molecule has 138 valence electrons. The Labute approximate surface area is 163 Å². The zero-order valence-corrected chi connectivity index (χ0v) is 15.8. The molecule has 0 aromatic heterocycles. The van der Waals surface area contributed by atoms with Crippen LogP contribution in [0.4, 0.5) is 11.4 Å². The summed E-state index contributed by atoms with van der Waals surface area (Å²) in [6, 6.07) is 10.4. The van der Waals surface area contributed by atoms with Crippen LogP contribution < -0.4 is 10.2 Å². The van der Waals surface area contributed by atoms with Crippen molar-refractivity contribution in [2.75, 3.05) is 36.4 Å². The van der Waals surface area contributed by atoms with E-state index in [1.165, 1.54) is 0 Å². The molecule has 1 aliphatic heterocycles. The van der Waals surface area contributed by atoms with Crippen LogP contribution in [0.25, 0.3) is 0 Å². The fraction of sp³-hybridized carbons (Fsp3) is 0.368. The molecule has 0 radical (unpaired) electrons. The lowest BCUT2D eigenvalue weighted by Gasteiger charge is -2.36. The van der Waals surface area contributed by atoms with Gasteiger partial charge in [0.1, 0.15) is 23.9 Å². The zero-order valence-electron chi connectivity index (χ0n) is 15.0. The van der Waals surface area contributed by atoms with Gasteiger partial charge in [-0.3, -0.25) is 4.79 Å². The number of anilines is 2. The second-order valence-electron chi connectivity index (χ2n) is 5.99. The van der Waals surface area contributed by atoms with Crippen molar-refractivity contribution >= 4 is 28.9 Å². The Kier molecular flexibility index (Phi) is 7.06. The molecule has 27 heavy (non-hydrogen) atoms. The zero-order chi connectivity index (χ0) is 19.8. The molecule has 0 aliphatic carbocycles. The standard InChI is InChI=1S/C19H19ClN6O/c1-2-3-19(27)26-8-6-25(7-9-26)18-5-4-15(10-16(18)20)24-17(13-23)14(11-21)12-22/h4-5,10,24H,2-3,6-9H2,1H3. The lowest BCUT2D eigenvalue weighted by atomic mass is 10.2. The molecule has 1 fully saturated rings. The van der Waals surface area contributed by atoms with Crippen molar-refractivity contribution in [2.24, 2.45) is 0 Å². The summed E-state index contributed by atoms with van der Waals surface area (Å²) in [5.41, 5.74) is 0.950. The monoisotopic (exact) mass is 382 g/mol. The third kappa shape index (κ3) is 4.91. The molecule has 8 heteroatoms. The maximum Gasteiger partial charge on any atom is 0.222 e. The van der Waals surface area contributed by atoms with Crippen molar-refractivity contribution in [1.82, 2.24) is 4.90 Å². The van der Waals surface area contributed by atoms with E-state index in [9.17, 15) is 4.79 Å². The second-order valence-corrected chi connectivity index (χ2v) is 6.40. The van der Waals surface area contributed by atoms with Crippen LogP contribution in [-0.2, 0) is 4.79 Å². The van der Waals surface area contributed by atoms with Crippen LogP contribution in [0.1, 0.15) is 19.8 Å². The van der Waals surface area contributed by atoms with Crippen molar-refractivity contribution in [3.05, 3.63) is 34.5 Å². The molecular weight excluding hydrogens is 364 g/mol. The first-order valence-electron chi connectivity index (χ1n) is 8.57. The van der Waals surface area contributed by atoms with Crippen molar-refractivity contribution in [3.63, 3.8) is 0 Å². The van der Waals surface area contributed by atoms with Gasteiger partial charge < -0.3 is 15.1 Å². The molecule has 1 amide bonds. The first kappa shape index (κ1) is 20.1. The third-order valence-corrected chi connectivity index (χ3v) is 4.54. The maximum absolute atomic E-state index is 12.0. The summed E-state index contributed by atoms with van der Waals surface area (Å²) < 4.78 is 0. The number of rotatable bonds is 5. The summed E-state index contributed by atoms with van der Waals surface area (Å²) in [4.78, 5) is 16.0. The van der Waals surface area contributed by atoms with Gasteiger partial charge in [0.05, 0.1) is 10.7 Å². The number of piperazine rings is 1. The van der Waals surface area contributed by atoms with Crippen LogP contribution in [-0.4, -0.2) is 37.0 Å². The Hall–Kier alpha value is -3.21. The number of hydrogen-bond donors (Lipinski definition) is 1. The first-order valence-corrected chi connectivity index (χ1v) is 8.95. The molecule has 1 heterocycles. The second kappa shape index (κ2) is 9.48. The summed E-state index contributed by atoms with van der Waals surface area (Å²) in [5, 5.41) is 30.1. The minimum absolute atomic E-state index is 0.119. The van der Waals surface area contributed by atoms with E-state index >= 15 is 0 Å². The molecule has 1 saturated heterocycles. The molecule has 0 saturated carbocycles. The number of halogens is 1. The number of amides is 1. The van der Waals surface area contributed by atoms with Crippen LogP contribution >= 0.6 is 11.6 Å². The number of nitrogens with one attached hydrogen (secondary N) is 1. The average molecular weight is 383 g/mol. The Bertz CT molecular complexity index is 850. The number of nitriles is 3. The molecule has 1 aliphatic rings. The Morgan fingerprint density at radius 2 is 1.81 bits per heavy atom. The van der Waals surface area contributed by atoms with Gasteiger partial charge in [-0.15, -0.1) is 0 Å². The highest BCUT2D eigenvalue weighted by Crippen LogP contribution is 2.30. The number of carbonyl (C=O) groups is 1. The molecule has 1 aromatic carbocycles. The molecule has 7 nitrogen and oxygen atoms in total. The molecule has 0 bridgehead atoms. The predicted octanol–water partition coefficient (Wildman–Crippen LogP) is 3.03. The number of hydrogen-bond acceptors (Lipinski definition) is 6. The molecule has 0 spiro atoms. The van der Waals surface area contributed by atoms with E-state index in [4.69, 9.17) is 27.4 Å². The summed E-state index contributed by atoms with van der Waals surface area (Å²) in [6.07, 6.45) is 1.42. The van der Waals surface area contributed by atoms with E-state index in [-0.39, 0.29) is 17.2 Å². The highest BCUT2D eigenvalue weighted by atomic mass is 35.5. The first-order chi connectivity index (χ1) is 13.0. The van der Waals surface area contributed by atoms with Crippen molar-refractivity contribution in [2.45, 2.75) is 19.8 Å². The fourth-order valence-corrected chi connectivity index (χ4v) is 3.14. The number of carbonyl (C=O) groups excluding carboxylic acids is 1. The van der Waals surface area contributed by atoms with Gasteiger partial charge in [0.25, 0.3) is 0 Å². The molecular formula is C19H19ClN6O. The van der Waals surface area contributed by atoms with Crippen LogP contribution in [0.2, 0.25) is 5.02 Å². The van der Waals surface area contributed by atoms with Gasteiger partial charge in [-0.25, -0.2) is 0 Å². The highest BCUT2D eigenvalue weighted by molar-refractivity contribution is 6.33. The molecule has 2 rings (SSSR count). The van der Waals surface area contributed by atoms with Gasteiger partial charge in [-0.2, -0.15) is 15.8 Å². The third-order valence-electron chi connectivity index (χ3n) is 4.24. The predicted molar refractivity (Wildman–Crippen MR) is 103 cm³/mol. The summed E-state index contributed by atoms with van der Waals surface area (Å²) >= 11 is 6.39. The average Bonchev–Trinajstić information content (AvgIpc) is 2.68. The fourth-order valence-electron chi connectivity index (χ4n) is 2.84. The van der Waals surface area contributed by atoms with E-state index in [0.717, 1.165) is 12.1 Å². The van der Waals surface area contributed by atoms with Gasteiger partial charge in [-0.1, -0.05) is 18.5 Å². The molecule has 0 atom stereocenters. The quantitative estimate of drug-likeness (QED) is 0.784. The normalized spacial score (nSPS) is 13.1. The van der Waals surface area contributed by atoms with Gasteiger partial charge in [0.2, 0.25) is 5.91 Å². The number of nitrogens with zero attached hydrogens (tertiary/aromatic N) is 5.